The summed E-state index contributed by atoms with van der Waals surface area (Å²) in [6, 6.07) is 18.0. The van der Waals surface area contributed by atoms with Crippen molar-refractivity contribution in [1.29, 1.82) is 0 Å². The smallest absolute Gasteiger partial charge is 0.163 e. The van der Waals surface area contributed by atoms with E-state index in [-0.39, 0.29) is 16.9 Å². The minimum absolute atomic E-state index is 0.0643. The van der Waals surface area contributed by atoms with E-state index in [1.54, 1.807) is 25.3 Å². The van der Waals surface area contributed by atoms with Gasteiger partial charge in [0.25, 0.3) is 0 Å². The topological polar surface area (TPSA) is 79.8 Å². The normalized spacial score (nSPS) is 18.3. The number of carbonyl (C=O) groups excluding carboxylic acids is 1. The first kappa shape index (κ1) is 24.1. The summed E-state index contributed by atoms with van der Waals surface area (Å²) in [7, 11) is 1.64. The van der Waals surface area contributed by atoms with Crippen LogP contribution in [-0.2, 0) is 11.4 Å². The summed E-state index contributed by atoms with van der Waals surface area (Å²) in [4.78, 5) is 13.4. The van der Waals surface area contributed by atoms with Gasteiger partial charge in [-0.05, 0) is 59.4 Å². The molecule has 1 aliphatic carbocycles. The number of fused-ring (bicyclic) bond motifs is 1. The lowest BCUT2D eigenvalue weighted by atomic mass is 9.73. The van der Waals surface area contributed by atoms with Gasteiger partial charge < -0.3 is 25.2 Å². The summed E-state index contributed by atoms with van der Waals surface area (Å²) in [6.45, 7) is 4.55. The van der Waals surface area contributed by atoms with Crippen LogP contribution in [0.1, 0.15) is 43.9 Å². The monoisotopic (exact) mass is 504 g/mol. The molecule has 7 heteroatoms. The van der Waals surface area contributed by atoms with Crippen LogP contribution in [0, 0.1) is 5.41 Å². The van der Waals surface area contributed by atoms with Crippen LogP contribution in [-0.4, -0.2) is 18.0 Å². The molecule has 0 aromatic heterocycles. The van der Waals surface area contributed by atoms with Crippen LogP contribution < -0.4 is 20.1 Å². The minimum atomic E-state index is -0.470. The minimum Gasteiger partial charge on any atom is -0.506 e. The van der Waals surface area contributed by atoms with E-state index in [4.69, 9.17) is 21.1 Å². The van der Waals surface area contributed by atoms with Crippen LogP contribution in [0.3, 0.4) is 0 Å². The molecule has 1 unspecified atom stereocenters. The van der Waals surface area contributed by atoms with E-state index in [0.29, 0.717) is 47.2 Å². The number of phenols is 1. The van der Waals surface area contributed by atoms with Crippen molar-refractivity contribution >= 4 is 28.8 Å². The highest BCUT2D eigenvalue weighted by Crippen LogP contribution is 2.48. The maximum absolute atomic E-state index is 13.4. The number of nitrogens with one attached hydrogen (secondary N) is 2. The van der Waals surface area contributed by atoms with Crippen molar-refractivity contribution < 1.29 is 19.4 Å². The summed E-state index contributed by atoms with van der Waals surface area (Å²) >= 11 is 6.79. The number of benzene rings is 3. The Morgan fingerprint density at radius 3 is 2.53 bits per heavy atom. The highest BCUT2D eigenvalue weighted by Gasteiger charge is 2.39. The quantitative estimate of drug-likeness (QED) is 0.329. The highest BCUT2D eigenvalue weighted by molar-refractivity contribution is 6.31. The van der Waals surface area contributed by atoms with Gasteiger partial charge in [0.05, 0.1) is 18.8 Å². The van der Waals surface area contributed by atoms with Crippen molar-refractivity contribution in [3.63, 3.8) is 0 Å². The molecule has 0 spiro atoms. The number of hydrogen-bond donors (Lipinski definition) is 3. The molecule has 5 rings (SSSR count). The first-order chi connectivity index (χ1) is 17.2. The van der Waals surface area contributed by atoms with Gasteiger partial charge in [0.15, 0.2) is 5.78 Å². The number of anilines is 2. The predicted octanol–water partition coefficient (Wildman–Crippen LogP) is 6.86. The molecule has 3 aromatic rings. The summed E-state index contributed by atoms with van der Waals surface area (Å²) in [5, 5.41) is 17.9. The average molecular weight is 505 g/mol. The maximum atomic E-state index is 13.4. The molecule has 2 aliphatic rings. The summed E-state index contributed by atoms with van der Waals surface area (Å²) in [5.41, 5.74) is 4.32. The van der Waals surface area contributed by atoms with Crippen molar-refractivity contribution in [3.05, 3.63) is 88.1 Å². The SMILES string of the molecule is COc1ccc(COc2ccc(C3Nc4cccc(O)c4NC4=C3C(=O)CC(C)(C)C4)c(Cl)c2)cc1. The second kappa shape index (κ2) is 9.43. The molecule has 3 N–H and O–H groups in total. The third-order valence-corrected chi connectivity index (χ3v) is 7.00. The van der Waals surface area contributed by atoms with Crippen molar-refractivity contribution in [2.45, 2.75) is 39.3 Å². The molecule has 1 aliphatic heterocycles. The molecule has 6 nitrogen and oxygen atoms in total. The Hall–Kier alpha value is -3.64. The lowest BCUT2D eigenvalue weighted by Gasteiger charge is -2.34. The van der Waals surface area contributed by atoms with Crippen LogP contribution in [0.2, 0.25) is 5.02 Å². The van der Waals surface area contributed by atoms with Gasteiger partial charge in [-0.2, -0.15) is 0 Å². The lowest BCUT2D eigenvalue weighted by Crippen LogP contribution is -2.31. The van der Waals surface area contributed by atoms with Gasteiger partial charge in [0.2, 0.25) is 0 Å². The fourth-order valence-corrected chi connectivity index (χ4v) is 5.18. The zero-order valence-corrected chi connectivity index (χ0v) is 21.3. The molecular formula is C29H29ClN2O4. The second-order valence-electron chi connectivity index (χ2n) is 10.1. The fraction of sp³-hybridized carbons (Fsp3) is 0.276. The number of hydrogen-bond acceptors (Lipinski definition) is 6. The van der Waals surface area contributed by atoms with E-state index in [0.717, 1.165) is 22.6 Å². The molecule has 0 saturated carbocycles. The first-order valence-electron chi connectivity index (χ1n) is 11.9. The van der Waals surface area contributed by atoms with Gasteiger partial charge in [-0.3, -0.25) is 4.79 Å². The molecule has 0 fully saturated rings. The maximum Gasteiger partial charge on any atom is 0.163 e. The molecule has 0 bridgehead atoms. The second-order valence-corrected chi connectivity index (χ2v) is 10.5. The number of rotatable bonds is 5. The van der Waals surface area contributed by atoms with Crippen LogP contribution in [0.4, 0.5) is 11.4 Å². The summed E-state index contributed by atoms with van der Waals surface area (Å²) in [6.07, 6.45) is 1.12. The highest BCUT2D eigenvalue weighted by atomic mass is 35.5. The van der Waals surface area contributed by atoms with E-state index in [2.05, 4.69) is 24.5 Å². The number of aromatic hydroxyl groups is 1. The van der Waals surface area contributed by atoms with Gasteiger partial charge in [-0.25, -0.2) is 0 Å². The van der Waals surface area contributed by atoms with Crippen molar-refractivity contribution in [2.24, 2.45) is 5.41 Å². The molecular weight excluding hydrogens is 476 g/mol. The van der Waals surface area contributed by atoms with E-state index < -0.39 is 6.04 Å². The zero-order valence-electron chi connectivity index (χ0n) is 20.5. The Labute approximate surface area is 215 Å². The third-order valence-electron chi connectivity index (χ3n) is 6.67. The number of Topliss-reactive ketones (excluding diaryl/α,β-unsaturated/α-hetero) is 1. The number of para-hydroxylation sites is 1. The molecule has 1 atom stereocenters. The molecule has 0 amide bonds. The number of ether oxygens (including phenoxy) is 2. The van der Waals surface area contributed by atoms with Crippen LogP contribution >= 0.6 is 11.6 Å². The van der Waals surface area contributed by atoms with Crippen LogP contribution in [0.5, 0.6) is 17.2 Å². The number of methoxy groups -OCH3 is 1. The van der Waals surface area contributed by atoms with E-state index in [9.17, 15) is 9.90 Å². The predicted molar refractivity (Wildman–Crippen MR) is 142 cm³/mol. The molecule has 186 valence electrons. The Morgan fingerprint density at radius 1 is 1.06 bits per heavy atom. The number of ketones is 1. The number of carbonyl (C=O) groups is 1. The summed E-state index contributed by atoms with van der Waals surface area (Å²) in [5.74, 6) is 1.61. The first-order valence-corrected chi connectivity index (χ1v) is 12.3. The van der Waals surface area contributed by atoms with Crippen molar-refractivity contribution in [3.8, 4) is 17.2 Å². The van der Waals surface area contributed by atoms with Crippen molar-refractivity contribution in [1.82, 2.24) is 0 Å². The van der Waals surface area contributed by atoms with Gasteiger partial charge in [0.1, 0.15) is 29.5 Å². The van der Waals surface area contributed by atoms with Gasteiger partial charge in [0, 0.05) is 22.7 Å². The van der Waals surface area contributed by atoms with E-state index in [1.807, 2.05) is 42.5 Å². The molecule has 0 saturated heterocycles. The van der Waals surface area contributed by atoms with E-state index >= 15 is 0 Å². The van der Waals surface area contributed by atoms with E-state index in [1.165, 1.54) is 0 Å². The largest absolute Gasteiger partial charge is 0.506 e. The zero-order chi connectivity index (χ0) is 25.4. The standard InChI is InChI=1S/C29H29ClN2O4/c1-29(2)14-23-26(25(34)15-29)27(31-22-5-4-6-24(33)28(22)32-23)20-12-11-19(13-21(20)30)36-16-17-7-9-18(35-3)10-8-17/h4-13,27,31-33H,14-16H2,1-3H3. The number of halogens is 1. The summed E-state index contributed by atoms with van der Waals surface area (Å²) < 4.78 is 11.2. The fourth-order valence-electron chi connectivity index (χ4n) is 4.90. The number of phenolic OH excluding ortho intramolecular Hbond substituents is 1. The van der Waals surface area contributed by atoms with Crippen molar-refractivity contribution in [2.75, 3.05) is 17.7 Å². The molecule has 0 radical (unpaired) electrons. The Kier molecular flexibility index (Phi) is 6.31. The van der Waals surface area contributed by atoms with Gasteiger partial charge >= 0.3 is 0 Å². The van der Waals surface area contributed by atoms with Gasteiger partial charge in [-0.15, -0.1) is 0 Å². The average Bonchev–Trinajstić information content (AvgIpc) is 3.00. The van der Waals surface area contributed by atoms with Gasteiger partial charge in [-0.1, -0.05) is 49.7 Å². The number of allylic oxidation sites excluding steroid dienone is 1. The molecule has 1 heterocycles. The van der Waals surface area contributed by atoms with Crippen LogP contribution in [0.25, 0.3) is 0 Å². The lowest BCUT2D eigenvalue weighted by molar-refractivity contribution is -0.118. The Bertz CT molecular complexity index is 1350. The third kappa shape index (κ3) is 4.73. The molecule has 3 aromatic carbocycles. The molecule has 36 heavy (non-hydrogen) atoms. The van der Waals surface area contributed by atoms with Crippen LogP contribution in [0.15, 0.2) is 71.9 Å². The Morgan fingerprint density at radius 2 is 1.81 bits per heavy atom. The Balaban J connectivity index is 1.47.